The van der Waals surface area contributed by atoms with Crippen molar-refractivity contribution in [3.05, 3.63) is 64.5 Å². The number of aryl methyl sites for hydroxylation is 2. The van der Waals surface area contributed by atoms with E-state index in [4.69, 9.17) is 9.15 Å². The lowest BCUT2D eigenvalue weighted by molar-refractivity contribution is 0.0524. The molecule has 3 heterocycles. The summed E-state index contributed by atoms with van der Waals surface area (Å²) < 4.78 is 11.1. The molecule has 0 saturated carbocycles. The number of benzene rings is 1. The predicted molar refractivity (Wildman–Crippen MR) is 138 cm³/mol. The Morgan fingerprint density at radius 3 is 2.86 bits per heavy atom. The van der Waals surface area contributed by atoms with Crippen molar-refractivity contribution < 1.29 is 19.1 Å². The van der Waals surface area contributed by atoms with Gasteiger partial charge in [0.15, 0.2) is 22.9 Å². The van der Waals surface area contributed by atoms with Crippen molar-refractivity contribution >= 4 is 41.2 Å². The molecule has 1 aromatic carbocycles. The van der Waals surface area contributed by atoms with Gasteiger partial charge in [-0.1, -0.05) is 12.1 Å². The van der Waals surface area contributed by atoms with E-state index in [2.05, 4.69) is 46.4 Å². The summed E-state index contributed by atoms with van der Waals surface area (Å²) in [6.45, 7) is 4.90. The first-order valence-corrected chi connectivity index (χ1v) is 11.6. The number of carbonyl (C=O) groups is 1. The van der Waals surface area contributed by atoms with Crippen LogP contribution in [0.3, 0.4) is 0 Å². The number of anilines is 2. The number of hydrogen-bond acceptors (Lipinski definition) is 8. The summed E-state index contributed by atoms with van der Waals surface area (Å²) in [7, 11) is 4.13. The number of pyridine rings is 1. The topological polar surface area (TPSA) is 100 Å². The second-order valence-corrected chi connectivity index (χ2v) is 8.65. The first-order valence-electron chi connectivity index (χ1n) is 11.6. The highest BCUT2D eigenvalue weighted by Gasteiger charge is 2.27. The highest BCUT2D eigenvalue weighted by atomic mass is 16.5. The van der Waals surface area contributed by atoms with E-state index >= 15 is 0 Å². The number of esters is 1. The van der Waals surface area contributed by atoms with Crippen LogP contribution in [0.5, 0.6) is 5.75 Å². The number of rotatable bonds is 9. The first-order chi connectivity index (χ1) is 16.9. The van der Waals surface area contributed by atoms with Crippen LogP contribution in [0.25, 0.3) is 11.6 Å². The summed E-state index contributed by atoms with van der Waals surface area (Å²) in [6.07, 6.45) is 7.00. The van der Waals surface area contributed by atoms with Gasteiger partial charge in [0.2, 0.25) is 5.88 Å². The Labute approximate surface area is 205 Å². The van der Waals surface area contributed by atoms with Gasteiger partial charge in [-0.25, -0.2) is 14.8 Å². The molecule has 1 aliphatic rings. The van der Waals surface area contributed by atoms with Crippen LogP contribution in [0.4, 0.5) is 17.4 Å². The fraction of sp³-hybridized carbons (Fsp3) is 0.296. The number of aromatic hydroxyl groups is 1. The third-order valence-electron chi connectivity index (χ3n) is 5.71. The van der Waals surface area contributed by atoms with Gasteiger partial charge < -0.3 is 24.5 Å². The molecule has 0 amide bonds. The van der Waals surface area contributed by atoms with Crippen LogP contribution in [0, 0.1) is 6.92 Å². The second-order valence-electron chi connectivity index (χ2n) is 8.65. The minimum atomic E-state index is -0.666. The minimum absolute atomic E-state index is 0.0468. The molecular formula is C27H30N4O4. The Balaban J connectivity index is 1.64. The van der Waals surface area contributed by atoms with Gasteiger partial charge in [0, 0.05) is 29.2 Å². The second kappa shape index (κ2) is 10.6. The number of carbonyl (C=O) groups excluding carboxylic acids is 1. The first kappa shape index (κ1) is 24.2. The number of aromatic nitrogens is 1. The highest BCUT2D eigenvalue weighted by Crippen LogP contribution is 2.39. The van der Waals surface area contributed by atoms with Gasteiger partial charge >= 0.3 is 5.97 Å². The van der Waals surface area contributed by atoms with Gasteiger partial charge in [0.25, 0.3) is 0 Å². The zero-order chi connectivity index (χ0) is 24.9. The number of nitrogens with zero attached hydrogens (tertiary/aromatic N) is 3. The van der Waals surface area contributed by atoms with E-state index in [-0.39, 0.29) is 29.6 Å². The normalized spacial score (nSPS) is 13.5. The van der Waals surface area contributed by atoms with Crippen LogP contribution in [-0.2, 0) is 11.2 Å². The molecular weight excluding hydrogens is 444 g/mol. The molecule has 0 atom stereocenters. The highest BCUT2D eigenvalue weighted by molar-refractivity contribution is 6.21. The third-order valence-corrected chi connectivity index (χ3v) is 5.71. The zero-order valence-electron chi connectivity index (χ0n) is 20.5. The monoisotopic (exact) mass is 474 g/mol. The third kappa shape index (κ3) is 5.44. The SMILES string of the molecule is CCOC(=O)c1c(Nc2ccc(CCCN(C)C)cc2C)oc(C=C2C=Nc3ncccc32)c1O. The van der Waals surface area contributed by atoms with Crippen LogP contribution in [0.2, 0.25) is 0 Å². The number of allylic oxidation sites excluding steroid dienone is 1. The maximum Gasteiger partial charge on any atom is 0.347 e. The lowest BCUT2D eigenvalue weighted by Gasteiger charge is -2.12. The molecule has 4 rings (SSSR count). The van der Waals surface area contributed by atoms with Crippen LogP contribution >= 0.6 is 0 Å². The van der Waals surface area contributed by atoms with Crippen molar-refractivity contribution in [2.24, 2.45) is 4.99 Å². The number of fused-ring (bicyclic) bond motifs is 1. The van der Waals surface area contributed by atoms with E-state index in [1.165, 1.54) is 5.56 Å². The molecule has 182 valence electrons. The van der Waals surface area contributed by atoms with E-state index < -0.39 is 5.97 Å². The van der Waals surface area contributed by atoms with Gasteiger partial charge in [-0.2, -0.15) is 0 Å². The van der Waals surface area contributed by atoms with Gasteiger partial charge in [0.05, 0.1) is 6.61 Å². The Morgan fingerprint density at radius 1 is 1.29 bits per heavy atom. The summed E-state index contributed by atoms with van der Waals surface area (Å²) in [5.74, 6) is -0.109. The average molecular weight is 475 g/mol. The Hall–Kier alpha value is -3.91. The van der Waals surface area contributed by atoms with E-state index in [0.717, 1.165) is 41.8 Å². The fourth-order valence-electron chi connectivity index (χ4n) is 3.94. The van der Waals surface area contributed by atoms with Crippen LogP contribution in [0.1, 0.15) is 46.2 Å². The molecule has 0 radical (unpaired) electrons. The van der Waals surface area contributed by atoms with E-state index in [9.17, 15) is 9.90 Å². The molecule has 0 saturated heterocycles. The van der Waals surface area contributed by atoms with Crippen molar-refractivity contribution in [3.8, 4) is 5.75 Å². The van der Waals surface area contributed by atoms with Crippen molar-refractivity contribution in [2.45, 2.75) is 26.7 Å². The fourth-order valence-corrected chi connectivity index (χ4v) is 3.94. The van der Waals surface area contributed by atoms with Crippen LogP contribution in [0.15, 0.2) is 45.9 Å². The predicted octanol–water partition coefficient (Wildman–Crippen LogP) is 5.36. The number of hydrogen-bond donors (Lipinski definition) is 2. The summed E-state index contributed by atoms with van der Waals surface area (Å²) in [5, 5.41) is 14.1. The van der Waals surface area contributed by atoms with E-state index in [1.807, 2.05) is 25.1 Å². The largest absolute Gasteiger partial charge is 0.504 e. The molecule has 2 aromatic heterocycles. The standard InChI is InChI=1S/C27H30N4O4/c1-5-34-27(33)23-24(32)22(15-19-16-29-25-20(19)9-6-12-28-25)35-26(23)30-21-11-10-18(14-17(21)2)8-7-13-31(3)4/h6,9-12,14-16,30,32H,5,7-8,13H2,1-4H3. The Morgan fingerprint density at radius 2 is 2.11 bits per heavy atom. The maximum absolute atomic E-state index is 12.7. The quantitative estimate of drug-likeness (QED) is 0.403. The van der Waals surface area contributed by atoms with Crippen LogP contribution < -0.4 is 5.32 Å². The molecule has 0 bridgehead atoms. The molecule has 0 spiro atoms. The van der Waals surface area contributed by atoms with Crippen molar-refractivity contribution in [1.82, 2.24) is 9.88 Å². The molecule has 2 N–H and O–H groups in total. The molecule has 8 nitrogen and oxygen atoms in total. The zero-order valence-corrected chi connectivity index (χ0v) is 20.5. The van der Waals surface area contributed by atoms with Crippen molar-refractivity contribution in [3.63, 3.8) is 0 Å². The van der Waals surface area contributed by atoms with E-state index in [0.29, 0.717) is 5.82 Å². The minimum Gasteiger partial charge on any atom is -0.504 e. The number of aliphatic imine (C=N–C) groups is 1. The molecule has 35 heavy (non-hydrogen) atoms. The lowest BCUT2D eigenvalue weighted by atomic mass is 10.1. The summed E-state index contributed by atoms with van der Waals surface area (Å²) in [5.41, 5.74) is 4.50. The van der Waals surface area contributed by atoms with Crippen molar-refractivity contribution in [1.29, 1.82) is 0 Å². The van der Waals surface area contributed by atoms with Crippen LogP contribution in [-0.4, -0.2) is 54.4 Å². The van der Waals surface area contributed by atoms with E-state index in [1.54, 1.807) is 25.4 Å². The summed E-state index contributed by atoms with van der Waals surface area (Å²) >= 11 is 0. The maximum atomic E-state index is 12.7. The average Bonchev–Trinajstić information content (AvgIpc) is 3.36. The molecule has 0 aliphatic carbocycles. The molecule has 1 aliphatic heterocycles. The Kier molecular flexibility index (Phi) is 7.31. The molecule has 3 aromatic rings. The Bertz CT molecular complexity index is 1290. The lowest BCUT2D eigenvalue weighted by Crippen LogP contribution is -2.13. The number of furan rings is 1. The molecule has 0 unspecified atom stereocenters. The van der Waals surface area contributed by atoms with Gasteiger partial charge in [-0.05, 0) is 82.7 Å². The summed E-state index contributed by atoms with van der Waals surface area (Å²) in [6, 6.07) is 9.83. The van der Waals surface area contributed by atoms with Crippen molar-refractivity contribution in [2.75, 3.05) is 32.6 Å². The molecule has 0 fully saturated rings. The smallest absolute Gasteiger partial charge is 0.347 e. The van der Waals surface area contributed by atoms with Gasteiger partial charge in [0.1, 0.15) is 0 Å². The molecule has 8 heteroatoms. The number of ether oxygens (including phenoxy) is 1. The summed E-state index contributed by atoms with van der Waals surface area (Å²) in [4.78, 5) is 23.4. The number of nitrogens with one attached hydrogen (secondary N) is 1. The van der Waals surface area contributed by atoms with Gasteiger partial charge in [-0.15, -0.1) is 0 Å². The van der Waals surface area contributed by atoms with Gasteiger partial charge in [-0.3, -0.25) is 0 Å².